The minimum atomic E-state index is -0.749. The normalized spacial score (nSPS) is 14.7. The minimum absolute atomic E-state index is 0.0482. The van der Waals surface area contributed by atoms with E-state index >= 15 is 0 Å². The lowest BCUT2D eigenvalue weighted by molar-refractivity contribution is -0.114. The van der Waals surface area contributed by atoms with Crippen LogP contribution in [0.1, 0.15) is 32.4 Å². The summed E-state index contributed by atoms with van der Waals surface area (Å²) in [6.07, 6.45) is 1.50. The molecule has 0 saturated carbocycles. The summed E-state index contributed by atoms with van der Waals surface area (Å²) in [4.78, 5) is 26.2. The number of rotatable bonds is 11. The van der Waals surface area contributed by atoms with Crippen LogP contribution in [-0.2, 0) is 9.59 Å². The Kier molecular flexibility index (Phi) is 9.54. The van der Waals surface area contributed by atoms with E-state index in [1.54, 1.807) is 67.6 Å². The Labute approximate surface area is 237 Å². The van der Waals surface area contributed by atoms with Crippen molar-refractivity contribution in [3.05, 3.63) is 94.6 Å². The summed E-state index contributed by atoms with van der Waals surface area (Å²) in [6, 6.07) is 19.8. The van der Waals surface area contributed by atoms with E-state index in [9.17, 15) is 14.9 Å². The molecule has 1 aromatic heterocycles. The van der Waals surface area contributed by atoms with Crippen LogP contribution in [0.3, 0.4) is 0 Å². The molecule has 0 radical (unpaired) electrons. The number of nitrogens with one attached hydrogen (secondary N) is 3. The fourth-order valence-electron chi connectivity index (χ4n) is 4.20. The molecule has 0 spiro atoms. The zero-order valence-electron chi connectivity index (χ0n) is 22.4. The van der Waals surface area contributed by atoms with Crippen LogP contribution in [0.2, 0.25) is 0 Å². The van der Waals surface area contributed by atoms with Crippen LogP contribution in [-0.4, -0.2) is 30.8 Å². The number of hydrogen-bond donors (Lipinski definition) is 3. The lowest BCUT2D eigenvalue weighted by Crippen LogP contribution is -2.31. The maximum Gasteiger partial charge on any atom is 0.254 e. The van der Waals surface area contributed by atoms with E-state index in [-0.39, 0.29) is 23.1 Å². The Morgan fingerprint density at radius 3 is 2.10 bits per heavy atom. The molecule has 1 aliphatic heterocycles. The topological polar surface area (TPSA) is 126 Å². The van der Waals surface area contributed by atoms with Crippen molar-refractivity contribution in [1.82, 2.24) is 5.32 Å². The predicted octanol–water partition coefficient (Wildman–Crippen LogP) is 5.78. The number of ether oxygens (including phenoxy) is 2. The number of thioether (sulfide) groups is 1. The van der Waals surface area contributed by atoms with Crippen molar-refractivity contribution in [3.63, 3.8) is 0 Å². The highest BCUT2D eigenvalue weighted by Gasteiger charge is 2.36. The molecule has 3 N–H and O–H groups in total. The second-order valence-electron chi connectivity index (χ2n) is 8.67. The number of allylic oxidation sites excluding steroid dienone is 2. The highest BCUT2D eigenvalue weighted by molar-refractivity contribution is 8.03. The molecule has 206 valence electrons. The van der Waals surface area contributed by atoms with Gasteiger partial charge in [-0.15, -0.1) is 0 Å². The molecule has 0 aliphatic carbocycles. The number of carbonyl (C=O) groups excluding carboxylic acids is 2. The van der Waals surface area contributed by atoms with Gasteiger partial charge in [-0.2, -0.15) is 5.26 Å². The van der Waals surface area contributed by atoms with Gasteiger partial charge in [0.2, 0.25) is 5.91 Å². The maximum atomic E-state index is 13.5. The molecule has 3 aromatic rings. The highest BCUT2D eigenvalue weighted by atomic mass is 32.2. The van der Waals surface area contributed by atoms with E-state index in [0.717, 1.165) is 5.75 Å². The van der Waals surface area contributed by atoms with Gasteiger partial charge >= 0.3 is 0 Å². The summed E-state index contributed by atoms with van der Waals surface area (Å²) in [5.74, 6) is 0.556. The zero-order valence-corrected chi connectivity index (χ0v) is 23.3. The van der Waals surface area contributed by atoms with Gasteiger partial charge in [0.05, 0.1) is 53.4 Å². The predicted molar refractivity (Wildman–Crippen MR) is 155 cm³/mol. The first-order valence-electron chi connectivity index (χ1n) is 12.8. The monoisotopic (exact) mass is 558 g/mol. The molecule has 9 nitrogen and oxygen atoms in total. The van der Waals surface area contributed by atoms with Crippen molar-refractivity contribution in [2.24, 2.45) is 0 Å². The number of benzene rings is 2. The Morgan fingerprint density at radius 2 is 1.57 bits per heavy atom. The smallest absolute Gasteiger partial charge is 0.254 e. The molecule has 4 rings (SSSR count). The van der Waals surface area contributed by atoms with Crippen molar-refractivity contribution in [2.45, 2.75) is 26.7 Å². The van der Waals surface area contributed by atoms with Crippen molar-refractivity contribution in [2.75, 3.05) is 29.6 Å². The highest BCUT2D eigenvalue weighted by Crippen LogP contribution is 2.41. The van der Waals surface area contributed by atoms with Gasteiger partial charge in [0.1, 0.15) is 17.3 Å². The molecule has 0 bridgehead atoms. The largest absolute Gasteiger partial charge is 0.494 e. The van der Waals surface area contributed by atoms with Gasteiger partial charge in [0.25, 0.3) is 5.91 Å². The van der Waals surface area contributed by atoms with Gasteiger partial charge in [-0.1, -0.05) is 11.8 Å². The molecule has 2 heterocycles. The standard InChI is InChI=1S/C30H30N4O5S/c1-4-37-22-12-8-20(9-13-22)33-26(35)18-40-30-24(17-31)28(25-7-6-16-39-25)27(19(3)32-30)29(36)34-21-10-14-23(15-11-21)38-5-2/h6-16,28,32H,4-5,18H2,1-3H3,(H,33,35)(H,34,36)/t28-/m1/s1. The fraction of sp³-hybridized carbons (Fsp3) is 0.233. The molecule has 1 atom stereocenters. The van der Waals surface area contributed by atoms with Crippen LogP contribution < -0.4 is 25.4 Å². The summed E-state index contributed by atoms with van der Waals surface area (Å²) in [5, 5.41) is 19.6. The summed E-state index contributed by atoms with van der Waals surface area (Å²) < 4.78 is 16.6. The lowest BCUT2D eigenvalue weighted by Gasteiger charge is -2.28. The van der Waals surface area contributed by atoms with Gasteiger partial charge in [0, 0.05) is 17.1 Å². The van der Waals surface area contributed by atoms with E-state index in [1.807, 2.05) is 13.8 Å². The summed E-state index contributed by atoms with van der Waals surface area (Å²) in [7, 11) is 0. The van der Waals surface area contributed by atoms with Gasteiger partial charge in [-0.25, -0.2) is 0 Å². The lowest BCUT2D eigenvalue weighted by atomic mass is 9.85. The van der Waals surface area contributed by atoms with E-state index in [2.05, 4.69) is 22.0 Å². The van der Waals surface area contributed by atoms with Crippen molar-refractivity contribution in [1.29, 1.82) is 5.26 Å². The zero-order chi connectivity index (χ0) is 28.5. The van der Waals surface area contributed by atoms with E-state index in [0.29, 0.717) is 52.4 Å². The summed E-state index contributed by atoms with van der Waals surface area (Å²) in [6.45, 7) is 6.67. The molecular formula is C30H30N4O5S. The Bertz CT molecular complexity index is 1440. The van der Waals surface area contributed by atoms with Crippen LogP contribution in [0.15, 0.2) is 93.2 Å². The van der Waals surface area contributed by atoms with Crippen LogP contribution in [0.25, 0.3) is 0 Å². The SMILES string of the molecule is CCOc1ccc(NC(=O)CSC2=C(C#N)[C@H](c3ccco3)C(C(=O)Nc3ccc(OCC)cc3)=C(C)N2)cc1. The molecule has 2 amide bonds. The summed E-state index contributed by atoms with van der Waals surface area (Å²) >= 11 is 1.19. The third-order valence-corrected chi connectivity index (χ3v) is 6.96. The minimum Gasteiger partial charge on any atom is -0.494 e. The van der Waals surface area contributed by atoms with Crippen LogP contribution in [0.5, 0.6) is 11.5 Å². The Morgan fingerprint density at radius 1 is 0.975 bits per heavy atom. The number of dihydropyridines is 1. The van der Waals surface area contributed by atoms with Gasteiger partial charge in [0.15, 0.2) is 0 Å². The van der Waals surface area contributed by atoms with E-state index in [4.69, 9.17) is 13.9 Å². The summed E-state index contributed by atoms with van der Waals surface area (Å²) in [5.41, 5.74) is 2.41. The third-order valence-electron chi connectivity index (χ3n) is 5.94. The first-order valence-corrected chi connectivity index (χ1v) is 13.8. The van der Waals surface area contributed by atoms with Crippen LogP contribution in [0, 0.1) is 11.3 Å². The second kappa shape index (κ2) is 13.4. The van der Waals surface area contributed by atoms with Crippen molar-refractivity contribution >= 4 is 35.0 Å². The Balaban J connectivity index is 1.51. The first-order chi connectivity index (χ1) is 19.4. The molecule has 0 unspecified atom stereocenters. The molecule has 10 heteroatoms. The first kappa shape index (κ1) is 28.4. The fourth-order valence-corrected chi connectivity index (χ4v) is 5.09. The van der Waals surface area contributed by atoms with Crippen molar-refractivity contribution < 1.29 is 23.5 Å². The molecule has 2 aromatic carbocycles. The van der Waals surface area contributed by atoms with Gasteiger partial charge < -0.3 is 29.8 Å². The second-order valence-corrected chi connectivity index (χ2v) is 9.66. The quantitative estimate of drug-likeness (QED) is 0.270. The van der Waals surface area contributed by atoms with E-state index < -0.39 is 5.92 Å². The third kappa shape index (κ3) is 6.87. The molecule has 0 fully saturated rings. The average Bonchev–Trinajstić information content (AvgIpc) is 3.49. The number of amides is 2. The number of nitriles is 1. The maximum absolute atomic E-state index is 13.5. The number of hydrogen-bond acceptors (Lipinski definition) is 8. The Hall–Kier alpha value is -4.62. The molecule has 0 saturated heterocycles. The molecular weight excluding hydrogens is 528 g/mol. The van der Waals surface area contributed by atoms with Crippen molar-refractivity contribution in [3.8, 4) is 17.6 Å². The van der Waals surface area contributed by atoms with Gasteiger partial charge in [-0.3, -0.25) is 9.59 Å². The van der Waals surface area contributed by atoms with Gasteiger partial charge in [-0.05, 0) is 81.4 Å². The number of nitrogens with zero attached hydrogens (tertiary/aromatic N) is 1. The number of anilines is 2. The van der Waals surface area contributed by atoms with Crippen LogP contribution >= 0.6 is 11.8 Å². The molecule has 40 heavy (non-hydrogen) atoms. The van der Waals surface area contributed by atoms with Crippen LogP contribution in [0.4, 0.5) is 11.4 Å². The average molecular weight is 559 g/mol. The number of furan rings is 1. The number of carbonyl (C=O) groups is 2. The van der Waals surface area contributed by atoms with E-state index in [1.165, 1.54) is 18.0 Å². The molecule has 1 aliphatic rings.